The van der Waals surface area contributed by atoms with Crippen molar-refractivity contribution in [1.29, 1.82) is 0 Å². The van der Waals surface area contributed by atoms with E-state index in [0.29, 0.717) is 6.04 Å². The lowest BCUT2D eigenvalue weighted by molar-refractivity contribution is 0.105. The maximum Gasteiger partial charge on any atom is 0.119 e. The van der Waals surface area contributed by atoms with Crippen LogP contribution in [0.4, 0.5) is 0 Å². The van der Waals surface area contributed by atoms with Gasteiger partial charge in [-0.25, -0.2) is 0 Å². The number of nitrogens with zero attached hydrogens (tertiary/aromatic N) is 2. The van der Waals surface area contributed by atoms with Crippen LogP contribution in [0.25, 0.3) is 0 Å². The molecular weight excluding hydrogens is 240 g/mol. The number of hydrogen-bond acceptors (Lipinski definition) is 4. The Bertz CT molecular complexity index is 416. The fourth-order valence-corrected chi connectivity index (χ4v) is 2.88. The third kappa shape index (κ3) is 3.39. The average Bonchev–Trinajstić information content (AvgIpc) is 2.36. The Morgan fingerprint density at radius 3 is 2.47 bits per heavy atom. The van der Waals surface area contributed by atoms with Crippen molar-refractivity contribution in [3.8, 4) is 11.5 Å². The van der Waals surface area contributed by atoms with E-state index in [1.54, 1.807) is 12.1 Å². The summed E-state index contributed by atoms with van der Waals surface area (Å²) in [5, 5.41) is 19.2. The summed E-state index contributed by atoms with van der Waals surface area (Å²) in [6.45, 7) is 4.36. The highest BCUT2D eigenvalue weighted by atomic mass is 16.3. The van der Waals surface area contributed by atoms with Crippen molar-refractivity contribution in [3.63, 3.8) is 0 Å². The molecule has 0 amide bonds. The van der Waals surface area contributed by atoms with Crippen molar-refractivity contribution < 1.29 is 10.2 Å². The van der Waals surface area contributed by atoms with Gasteiger partial charge in [-0.15, -0.1) is 0 Å². The molecule has 1 aromatic rings. The van der Waals surface area contributed by atoms with Gasteiger partial charge in [-0.3, -0.25) is 4.90 Å². The number of benzene rings is 1. The highest BCUT2D eigenvalue weighted by molar-refractivity contribution is 5.38. The topological polar surface area (TPSA) is 46.9 Å². The Hall–Kier alpha value is -1.26. The second kappa shape index (κ2) is 5.80. The summed E-state index contributed by atoms with van der Waals surface area (Å²) in [4.78, 5) is 4.70. The predicted octanol–water partition coefficient (Wildman–Crippen LogP) is 2.18. The van der Waals surface area contributed by atoms with E-state index in [9.17, 15) is 10.2 Å². The van der Waals surface area contributed by atoms with Crippen LogP contribution in [0.5, 0.6) is 11.5 Å². The minimum absolute atomic E-state index is 0.121. The number of aromatic hydroxyl groups is 2. The first-order valence-electron chi connectivity index (χ1n) is 6.91. The van der Waals surface area contributed by atoms with Gasteiger partial charge in [0.15, 0.2) is 0 Å². The Kier molecular flexibility index (Phi) is 4.32. The smallest absolute Gasteiger partial charge is 0.119 e. The molecule has 0 aromatic heterocycles. The maximum absolute atomic E-state index is 9.59. The van der Waals surface area contributed by atoms with Crippen LogP contribution < -0.4 is 0 Å². The van der Waals surface area contributed by atoms with E-state index in [4.69, 9.17) is 0 Å². The molecule has 0 spiro atoms. The third-order valence-electron chi connectivity index (χ3n) is 4.19. The second-order valence-electron chi connectivity index (χ2n) is 5.68. The number of phenols is 2. The molecule has 0 saturated carbocycles. The zero-order valence-electron chi connectivity index (χ0n) is 12.0. The number of piperidine rings is 1. The Balaban J connectivity index is 2.11. The lowest BCUT2D eigenvalue weighted by atomic mass is 10.00. The van der Waals surface area contributed by atoms with Gasteiger partial charge in [-0.05, 0) is 58.1 Å². The van der Waals surface area contributed by atoms with E-state index >= 15 is 0 Å². The van der Waals surface area contributed by atoms with Crippen molar-refractivity contribution in [1.82, 2.24) is 9.80 Å². The van der Waals surface area contributed by atoms with E-state index < -0.39 is 0 Å². The second-order valence-corrected chi connectivity index (χ2v) is 5.68. The van der Waals surface area contributed by atoms with Crippen LogP contribution >= 0.6 is 0 Å². The fourth-order valence-electron chi connectivity index (χ4n) is 2.88. The summed E-state index contributed by atoms with van der Waals surface area (Å²) in [6.07, 6.45) is 2.43. The molecule has 1 aliphatic rings. The van der Waals surface area contributed by atoms with Gasteiger partial charge < -0.3 is 15.1 Å². The number of likely N-dealkylation sites (tertiary alicyclic amines) is 1. The molecule has 1 aromatic carbocycles. The summed E-state index contributed by atoms with van der Waals surface area (Å²) < 4.78 is 0. The van der Waals surface area contributed by atoms with E-state index in [0.717, 1.165) is 12.1 Å². The molecule has 0 radical (unpaired) electrons. The van der Waals surface area contributed by atoms with Crippen molar-refractivity contribution in [2.45, 2.75) is 31.8 Å². The highest BCUT2D eigenvalue weighted by Gasteiger charge is 2.25. The first kappa shape index (κ1) is 14.2. The third-order valence-corrected chi connectivity index (χ3v) is 4.19. The molecule has 2 unspecified atom stereocenters. The molecule has 2 N–H and O–H groups in total. The van der Waals surface area contributed by atoms with E-state index in [-0.39, 0.29) is 17.5 Å². The number of phenolic OH excluding ortho intramolecular Hbond substituents is 2. The zero-order chi connectivity index (χ0) is 14.0. The Morgan fingerprint density at radius 2 is 1.89 bits per heavy atom. The van der Waals surface area contributed by atoms with Crippen LogP contribution in [-0.2, 0) is 0 Å². The largest absolute Gasteiger partial charge is 0.508 e. The van der Waals surface area contributed by atoms with Gasteiger partial charge in [0.2, 0.25) is 0 Å². The number of likely N-dealkylation sites (N-methyl/N-ethyl adjacent to an activating group) is 2. The van der Waals surface area contributed by atoms with E-state index in [1.807, 2.05) is 0 Å². The fraction of sp³-hybridized carbons (Fsp3) is 0.600. The van der Waals surface area contributed by atoms with Gasteiger partial charge in [0, 0.05) is 24.7 Å². The Morgan fingerprint density at radius 1 is 1.26 bits per heavy atom. The molecule has 1 fully saturated rings. The molecule has 0 bridgehead atoms. The van der Waals surface area contributed by atoms with Crippen molar-refractivity contribution in [2.75, 3.05) is 27.2 Å². The van der Waals surface area contributed by atoms with Gasteiger partial charge in [0.25, 0.3) is 0 Å². The van der Waals surface area contributed by atoms with Gasteiger partial charge in [-0.1, -0.05) is 0 Å². The van der Waals surface area contributed by atoms with Gasteiger partial charge in [0.05, 0.1) is 0 Å². The molecule has 1 saturated heterocycles. The molecule has 0 aliphatic carbocycles. The molecule has 1 aliphatic heterocycles. The van der Waals surface area contributed by atoms with Gasteiger partial charge >= 0.3 is 0 Å². The summed E-state index contributed by atoms with van der Waals surface area (Å²) in [5.41, 5.74) is 0.952. The lowest BCUT2D eigenvalue weighted by Crippen LogP contribution is -2.45. The van der Waals surface area contributed by atoms with E-state index in [1.165, 1.54) is 25.5 Å². The first-order valence-corrected chi connectivity index (χ1v) is 6.91. The molecular formula is C15H24N2O2. The summed E-state index contributed by atoms with van der Waals surface area (Å²) in [6, 6.07) is 5.53. The van der Waals surface area contributed by atoms with Crippen molar-refractivity contribution in [3.05, 3.63) is 23.8 Å². The van der Waals surface area contributed by atoms with Crippen molar-refractivity contribution in [2.24, 2.45) is 0 Å². The SMILES string of the molecule is CC(c1cc(O)cc(O)c1)N(C)C1CCCN(C)C1. The van der Waals surface area contributed by atoms with Crippen LogP contribution in [0.15, 0.2) is 18.2 Å². The monoisotopic (exact) mass is 264 g/mol. The highest BCUT2D eigenvalue weighted by Crippen LogP contribution is 2.29. The van der Waals surface area contributed by atoms with Crippen molar-refractivity contribution >= 4 is 0 Å². The number of rotatable bonds is 3. The summed E-state index contributed by atoms with van der Waals surface area (Å²) in [7, 11) is 4.28. The normalized spacial score (nSPS) is 22.6. The summed E-state index contributed by atoms with van der Waals surface area (Å²) in [5.74, 6) is 0.243. The van der Waals surface area contributed by atoms with Gasteiger partial charge in [0.1, 0.15) is 11.5 Å². The van der Waals surface area contributed by atoms with Crippen LogP contribution in [0.2, 0.25) is 0 Å². The quantitative estimate of drug-likeness (QED) is 0.878. The number of hydrogen-bond donors (Lipinski definition) is 2. The molecule has 2 atom stereocenters. The molecule has 2 rings (SSSR count). The van der Waals surface area contributed by atoms with Crippen LogP contribution in [0.3, 0.4) is 0 Å². The molecule has 19 heavy (non-hydrogen) atoms. The van der Waals surface area contributed by atoms with Gasteiger partial charge in [-0.2, -0.15) is 0 Å². The maximum atomic E-state index is 9.59. The molecule has 1 heterocycles. The van der Waals surface area contributed by atoms with Crippen LogP contribution in [0, 0.1) is 0 Å². The lowest BCUT2D eigenvalue weighted by Gasteiger charge is -2.39. The summed E-state index contributed by atoms with van der Waals surface area (Å²) >= 11 is 0. The van der Waals surface area contributed by atoms with E-state index in [2.05, 4.69) is 30.8 Å². The predicted molar refractivity (Wildman–Crippen MR) is 76.5 cm³/mol. The Labute approximate surface area is 115 Å². The minimum Gasteiger partial charge on any atom is -0.508 e. The first-order chi connectivity index (χ1) is 8.97. The minimum atomic E-state index is 0.121. The van der Waals surface area contributed by atoms with Crippen LogP contribution in [0.1, 0.15) is 31.4 Å². The molecule has 106 valence electrons. The average molecular weight is 264 g/mol. The molecule has 4 heteroatoms. The molecule has 4 nitrogen and oxygen atoms in total. The van der Waals surface area contributed by atoms with Crippen LogP contribution in [-0.4, -0.2) is 53.2 Å². The zero-order valence-corrected chi connectivity index (χ0v) is 12.0. The standard InChI is InChI=1S/C15H24N2O2/c1-11(12-7-14(18)9-15(19)8-12)17(3)13-5-4-6-16(2)10-13/h7-9,11,13,18-19H,4-6,10H2,1-3H3.